The summed E-state index contributed by atoms with van der Waals surface area (Å²) in [4.78, 5) is -0.0388. The Morgan fingerprint density at radius 2 is 1.79 bits per heavy atom. The number of rotatable bonds is 3. The van der Waals surface area contributed by atoms with Gasteiger partial charge in [-0.2, -0.15) is 13.2 Å². The molecule has 0 aliphatic carbocycles. The maximum absolute atomic E-state index is 12.8. The van der Waals surface area contributed by atoms with Crippen LogP contribution in [0.2, 0.25) is 0 Å². The second kappa shape index (κ2) is 7.14. The average Bonchev–Trinajstić information content (AvgIpc) is 2.60. The number of primary sulfonamides is 1. The first kappa shape index (κ1) is 20.8. The van der Waals surface area contributed by atoms with Crippen LogP contribution in [0.1, 0.15) is 42.5 Å². The molecule has 3 rings (SSSR count). The van der Waals surface area contributed by atoms with Gasteiger partial charge < -0.3 is 10.4 Å². The standard InChI is InChI=1S/C19H21F3N2O3S/c1-12-10-18(25,14-5-7-15(8-6-14)19(20,21)22)11-17(24-12)13-3-2-4-16(9-13)28(23,26)27/h2-9,12,17,24-25H,10-11H2,1H3,(H2,23,26,27)/t12-,17-,18?/m0/s1. The molecule has 1 fully saturated rings. The van der Waals surface area contributed by atoms with Crippen LogP contribution in [0.25, 0.3) is 0 Å². The number of alkyl halides is 3. The van der Waals surface area contributed by atoms with Gasteiger partial charge in [0.2, 0.25) is 10.0 Å². The molecule has 4 N–H and O–H groups in total. The first-order valence-corrected chi connectivity index (χ1v) is 10.2. The Kier molecular flexibility index (Phi) is 5.30. The number of hydrogen-bond donors (Lipinski definition) is 3. The zero-order chi connectivity index (χ0) is 20.7. The third kappa shape index (κ3) is 4.38. The molecular weight excluding hydrogens is 393 g/mol. The average molecular weight is 414 g/mol. The molecule has 1 saturated heterocycles. The van der Waals surface area contributed by atoms with Gasteiger partial charge in [0.05, 0.1) is 16.1 Å². The topological polar surface area (TPSA) is 92.4 Å². The smallest absolute Gasteiger partial charge is 0.385 e. The maximum atomic E-state index is 12.8. The molecule has 0 amide bonds. The van der Waals surface area contributed by atoms with Gasteiger partial charge in [-0.05, 0) is 55.2 Å². The first-order chi connectivity index (χ1) is 12.9. The van der Waals surface area contributed by atoms with Crippen LogP contribution in [0.5, 0.6) is 0 Å². The van der Waals surface area contributed by atoms with Crippen molar-refractivity contribution in [2.24, 2.45) is 5.14 Å². The van der Waals surface area contributed by atoms with Gasteiger partial charge >= 0.3 is 6.18 Å². The van der Waals surface area contributed by atoms with Crippen molar-refractivity contribution in [1.82, 2.24) is 5.32 Å². The second-order valence-electron chi connectivity index (χ2n) is 7.25. The van der Waals surface area contributed by atoms with Crippen molar-refractivity contribution in [3.63, 3.8) is 0 Å². The monoisotopic (exact) mass is 414 g/mol. The van der Waals surface area contributed by atoms with E-state index in [2.05, 4.69) is 5.32 Å². The summed E-state index contributed by atoms with van der Waals surface area (Å²) in [6, 6.07) is 10.1. The lowest BCUT2D eigenvalue weighted by atomic mass is 9.77. The van der Waals surface area contributed by atoms with Gasteiger partial charge in [0.25, 0.3) is 0 Å². The molecule has 0 saturated carbocycles. The summed E-state index contributed by atoms with van der Waals surface area (Å²) in [7, 11) is -3.87. The minimum absolute atomic E-state index is 0.0388. The summed E-state index contributed by atoms with van der Waals surface area (Å²) in [5.41, 5.74) is -1.11. The van der Waals surface area contributed by atoms with E-state index in [1.54, 1.807) is 12.1 Å². The van der Waals surface area contributed by atoms with Crippen molar-refractivity contribution in [3.8, 4) is 0 Å². The van der Waals surface area contributed by atoms with Crippen LogP contribution in [0.3, 0.4) is 0 Å². The number of piperidine rings is 1. The van der Waals surface area contributed by atoms with E-state index in [9.17, 15) is 26.7 Å². The minimum atomic E-state index is -4.45. The summed E-state index contributed by atoms with van der Waals surface area (Å²) in [5.74, 6) is 0. The van der Waals surface area contributed by atoms with Gasteiger partial charge in [-0.15, -0.1) is 0 Å². The second-order valence-corrected chi connectivity index (χ2v) is 8.81. The predicted octanol–water partition coefficient (Wildman–Crippen LogP) is 3.05. The quantitative estimate of drug-likeness (QED) is 0.720. The van der Waals surface area contributed by atoms with Crippen LogP contribution in [-0.4, -0.2) is 19.6 Å². The third-order valence-corrected chi connectivity index (χ3v) is 5.92. The molecule has 5 nitrogen and oxygen atoms in total. The van der Waals surface area contributed by atoms with Crippen molar-refractivity contribution in [1.29, 1.82) is 0 Å². The molecule has 1 aliphatic heterocycles. The van der Waals surface area contributed by atoms with E-state index in [4.69, 9.17) is 5.14 Å². The lowest BCUT2D eigenvalue weighted by Crippen LogP contribution is -2.46. The fourth-order valence-electron chi connectivity index (χ4n) is 3.72. The molecule has 9 heteroatoms. The fraction of sp³-hybridized carbons (Fsp3) is 0.368. The van der Waals surface area contributed by atoms with Gasteiger partial charge in [-0.3, -0.25) is 0 Å². The summed E-state index contributed by atoms with van der Waals surface area (Å²) in [6.45, 7) is 1.85. The van der Waals surface area contributed by atoms with Gasteiger partial charge in [0.15, 0.2) is 0 Å². The van der Waals surface area contributed by atoms with Crippen LogP contribution < -0.4 is 10.5 Å². The third-order valence-electron chi connectivity index (χ3n) is 5.01. The van der Waals surface area contributed by atoms with E-state index in [-0.39, 0.29) is 17.4 Å². The highest BCUT2D eigenvalue weighted by Gasteiger charge is 2.40. The molecule has 0 radical (unpaired) electrons. The Balaban J connectivity index is 1.92. The van der Waals surface area contributed by atoms with Crippen molar-refractivity contribution < 1.29 is 26.7 Å². The van der Waals surface area contributed by atoms with E-state index < -0.39 is 33.4 Å². The molecule has 152 valence electrons. The van der Waals surface area contributed by atoms with Crippen LogP contribution in [0.15, 0.2) is 53.4 Å². The van der Waals surface area contributed by atoms with Crippen LogP contribution >= 0.6 is 0 Å². The van der Waals surface area contributed by atoms with Crippen molar-refractivity contribution in [2.75, 3.05) is 0 Å². The van der Waals surface area contributed by atoms with Crippen LogP contribution in [0, 0.1) is 0 Å². The number of aliphatic hydroxyl groups is 1. The van der Waals surface area contributed by atoms with E-state index in [1.807, 2.05) is 6.92 Å². The molecule has 0 bridgehead atoms. The molecule has 1 unspecified atom stereocenters. The number of hydrogen-bond acceptors (Lipinski definition) is 4. The summed E-state index contributed by atoms with van der Waals surface area (Å²) < 4.78 is 61.6. The van der Waals surface area contributed by atoms with Crippen molar-refractivity contribution >= 4 is 10.0 Å². The summed E-state index contributed by atoms with van der Waals surface area (Å²) in [6.07, 6.45) is -3.96. The molecule has 3 atom stereocenters. The lowest BCUT2D eigenvalue weighted by Gasteiger charge is -2.41. The van der Waals surface area contributed by atoms with E-state index in [1.165, 1.54) is 24.3 Å². The number of benzene rings is 2. The van der Waals surface area contributed by atoms with E-state index >= 15 is 0 Å². The Hall–Kier alpha value is -1.94. The van der Waals surface area contributed by atoms with Crippen LogP contribution in [0.4, 0.5) is 13.2 Å². The van der Waals surface area contributed by atoms with Crippen LogP contribution in [-0.2, 0) is 21.8 Å². The largest absolute Gasteiger partial charge is 0.416 e. The Morgan fingerprint density at radius 3 is 2.36 bits per heavy atom. The summed E-state index contributed by atoms with van der Waals surface area (Å²) in [5, 5.41) is 19.7. The summed E-state index contributed by atoms with van der Waals surface area (Å²) >= 11 is 0. The highest BCUT2D eigenvalue weighted by molar-refractivity contribution is 7.89. The zero-order valence-electron chi connectivity index (χ0n) is 15.1. The molecule has 2 aromatic carbocycles. The number of nitrogens with two attached hydrogens (primary N) is 1. The Morgan fingerprint density at radius 1 is 1.14 bits per heavy atom. The van der Waals surface area contributed by atoms with Gasteiger partial charge in [0, 0.05) is 12.1 Å². The van der Waals surface area contributed by atoms with Crippen molar-refractivity contribution in [2.45, 2.75) is 48.5 Å². The van der Waals surface area contributed by atoms with E-state index in [0.717, 1.165) is 12.1 Å². The highest BCUT2D eigenvalue weighted by atomic mass is 32.2. The fourth-order valence-corrected chi connectivity index (χ4v) is 4.28. The molecule has 0 aromatic heterocycles. The predicted molar refractivity (Wildman–Crippen MR) is 97.7 cm³/mol. The highest BCUT2D eigenvalue weighted by Crippen LogP contribution is 2.41. The molecule has 0 spiro atoms. The van der Waals surface area contributed by atoms with Gasteiger partial charge in [-0.1, -0.05) is 24.3 Å². The Labute approximate surface area is 161 Å². The SMILES string of the molecule is C[C@H]1CC(O)(c2ccc(C(F)(F)F)cc2)C[C@@H](c2cccc(S(N)(=O)=O)c2)N1. The van der Waals surface area contributed by atoms with Gasteiger partial charge in [-0.25, -0.2) is 13.6 Å². The first-order valence-electron chi connectivity index (χ1n) is 8.67. The van der Waals surface area contributed by atoms with Gasteiger partial charge in [0.1, 0.15) is 0 Å². The maximum Gasteiger partial charge on any atom is 0.416 e. The van der Waals surface area contributed by atoms with E-state index in [0.29, 0.717) is 17.5 Å². The number of nitrogens with one attached hydrogen (secondary N) is 1. The Bertz CT molecular complexity index is 961. The molecule has 2 aromatic rings. The molecule has 1 aliphatic rings. The number of halogens is 3. The molecular formula is C19H21F3N2O3S. The zero-order valence-corrected chi connectivity index (χ0v) is 15.9. The number of sulfonamides is 1. The normalized spacial score (nSPS) is 26.2. The molecule has 28 heavy (non-hydrogen) atoms. The lowest BCUT2D eigenvalue weighted by molar-refractivity contribution is -0.137. The molecule has 1 heterocycles. The minimum Gasteiger partial charge on any atom is -0.385 e. The van der Waals surface area contributed by atoms with Crippen molar-refractivity contribution in [3.05, 3.63) is 65.2 Å².